The van der Waals surface area contributed by atoms with Crippen LogP contribution in [-0.4, -0.2) is 32.1 Å². The van der Waals surface area contributed by atoms with E-state index in [2.05, 4.69) is 6.92 Å². The highest BCUT2D eigenvalue weighted by Crippen LogP contribution is 2.68. The number of halogens is 6. The first-order chi connectivity index (χ1) is 14.0. The summed E-state index contributed by atoms with van der Waals surface area (Å²) in [5.41, 5.74) is -4.79. The van der Waals surface area contributed by atoms with Crippen LogP contribution in [-0.2, 0) is 9.22 Å². The van der Waals surface area contributed by atoms with Crippen molar-refractivity contribution >= 4 is 14.1 Å². The molecule has 0 saturated heterocycles. The van der Waals surface area contributed by atoms with Crippen LogP contribution in [0.15, 0.2) is 12.2 Å². The summed E-state index contributed by atoms with van der Waals surface area (Å²) in [4.78, 5) is 12.4. The van der Waals surface area contributed by atoms with Crippen molar-refractivity contribution < 1.29 is 35.6 Å². The Labute approximate surface area is 180 Å². The van der Waals surface area contributed by atoms with Crippen molar-refractivity contribution in [2.75, 3.05) is 0 Å². The van der Waals surface area contributed by atoms with Crippen LogP contribution in [0, 0.1) is 22.7 Å². The van der Waals surface area contributed by atoms with E-state index in [0.29, 0.717) is 6.42 Å². The van der Waals surface area contributed by atoms with Crippen LogP contribution in [0.5, 0.6) is 0 Å². The van der Waals surface area contributed by atoms with E-state index in [-0.39, 0.29) is 40.9 Å². The van der Waals surface area contributed by atoms with Crippen LogP contribution in [0.1, 0.15) is 58.3 Å². The minimum absolute atomic E-state index is 0.0210. The topological polar surface area (TPSA) is 26.3 Å². The number of rotatable bonds is 6. The molecule has 0 spiro atoms. The minimum atomic E-state index is -5.61. The maximum absolute atomic E-state index is 13.8. The normalized spacial score (nSPS) is 31.9. The second kappa shape index (κ2) is 7.60. The molecular formula is C22H32F6O2Si. The van der Waals surface area contributed by atoms with Gasteiger partial charge in [-0.1, -0.05) is 13.0 Å². The molecule has 0 aromatic heterocycles. The average molecular weight is 471 g/mol. The molecule has 0 amide bonds. The van der Waals surface area contributed by atoms with Gasteiger partial charge in [0.15, 0.2) is 8.32 Å². The zero-order valence-electron chi connectivity index (χ0n) is 18.6. The third-order valence-corrected chi connectivity index (χ3v) is 8.62. The monoisotopic (exact) mass is 470 g/mol. The molecule has 3 saturated carbocycles. The van der Waals surface area contributed by atoms with Crippen molar-refractivity contribution in [2.45, 2.75) is 95.9 Å². The largest absolute Gasteiger partial charge is 0.429 e. The fourth-order valence-corrected chi connectivity index (χ4v) is 7.50. The molecule has 3 rings (SSSR count). The number of hydrogen-bond acceptors (Lipinski definition) is 2. The molecule has 9 heteroatoms. The lowest BCUT2D eigenvalue weighted by atomic mass is 9.60. The van der Waals surface area contributed by atoms with Crippen molar-refractivity contribution in [3.63, 3.8) is 0 Å². The Balaban J connectivity index is 1.87. The van der Waals surface area contributed by atoms with Crippen molar-refractivity contribution in [3.05, 3.63) is 12.2 Å². The van der Waals surface area contributed by atoms with Gasteiger partial charge in [-0.2, -0.15) is 26.3 Å². The quantitative estimate of drug-likeness (QED) is 0.233. The number of allylic oxidation sites excluding steroid dienone is 1. The van der Waals surface area contributed by atoms with Crippen LogP contribution in [0.4, 0.5) is 26.3 Å². The van der Waals surface area contributed by atoms with E-state index < -0.39 is 26.3 Å². The van der Waals surface area contributed by atoms with E-state index in [9.17, 15) is 31.1 Å². The third-order valence-electron chi connectivity index (χ3n) is 7.68. The van der Waals surface area contributed by atoms with Gasteiger partial charge in [-0.25, -0.2) is 0 Å². The fraction of sp³-hybridized carbons (Fsp3) is 0.864. The Morgan fingerprint density at radius 2 is 1.61 bits per heavy atom. The van der Waals surface area contributed by atoms with E-state index in [1.807, 2.05) is 0 Å². The highest BCUT2D eigenvalue weighted by atomic mass is 28.4. The standard InChI is InChI=1S/C22H32F6O2Si/c1-18-10-5-7-16(29)15(18)8-9-17(18)19(13-14-19)11-6-12-20(21(23,24)25,22(26,27)28)30-31(2,3)4/h6,12,15,17H,5,7-11,13-14H2,1-4H3. The van der Waals surface area contributed by atoms with E-state index in [1.54, 1.807) is 0 Å². The molecule has 178 valence electrons. The van der Waals surface area contributed by atoms with Gasteiger partial charge in [0.05, 0.1) is 0 Å². The summed E-state index contributed by atoms with van der Waals surface area (Å²) < 4.78 is 87.3. The van der Waals surface area contributed by atoms with Crippen LogP contribution in [0.25, 0.3) is 0 Å². The molecule has 0 aromatic rings. The molecule has 2 nitrogen and oxygen atoms in total. The minimum Gasteiger partial charge on any atom is -0.394 e. The van der Waals surface area contributed by atoms with Gasteiger partial charge in [0, 0.05) is 12.3 Å². The Morgan fingerprint density at radius 1 is 1.03 bits per heavy atom. The van der Waals surface area contributed by atoms with Crippen molar-refractivity contribution in [3.8, 4) is 0 Å². The number of ketones is 1. The van der Waals surface area contributed by atoms with Crippen molar-refractivity contribution in [1.29, 1.82) is 0 Å². The van der Waals surface area contributed by atoms with Crippen LogP contribution >= 0.6 is 0 Å². The lowest BCUT2D eigenvalue weighted by Gasteiger charge is -2.43. The molecule has 3 aliphatic carbocycles. The highest BCUT2D eigenvalue weighted by Gasteiger charge is 2.72. The maximum atomic E-state index is 13.8. The Kier molecular flexibility index (Phi) is 6.08. The summed E-state index contributed by atoms with van der Waals surface area (Å²) >= 11 is 0. The fourth-order valence-electron chi connectivity index (χ4n) is 6.23. The van der Waals surface area contributed by atoms with Crippen LogP contribution in [0.3, 0.4) is 0 Å². The van der Waals surface area contributed by atoms with E-state index >= 15 is 0 Å². The molecule has 31 heavy (non-hydrogen) atoms. The predicted octanol–water partition coefficient (Wildman–Crippen LogP) is 7.21. The second-order valence-electron chi connectivity index (χ2n) is 10.9. The highest BCUT2D eigenvalue weighted by molar-refractivity contribution is 6.69. The van der Waals surface area contributed by atoms with Gasteiger partial charge in [0.25, 0.3) is 5.60 Å². The predicted molar refractivity (Wildman–Crippen MR) is 108 cm³/mol. The first-order valence-electron chi connectivity index (χ1n) is 11.0. The van der Waals surface area contributed by atoms with Crippen molar-refractivity contribution in [2.24, 2.45) is 22.7 Å². The van der Waals surface area contributed by atoms with Gasteiger partial charge >= 0.3 is 12.4 Å². The molecule has 3 fully saturated rings. The summed E-state index contributed by atoms with van der Waals surface area (Å²) in [6, 6.07) is 0. The second-order valence-corrected chi connectivity index (χ2v) is 15.4. The van der Waals surface area contributed by atoms with Gasteiger partial charge in [-0.15, -0.1) is 0 Å². The number of carbonyl (C=O) groups excluding carboxylic acids is 1. The third kappa shape index (κ3) is 4.37. The van der Waals surface area contributed by atoms with E-state index in [4.69, 9.17) is 4.43 Å². The van der Waals surface area contributed by atoms with Crippen LogP contribution < -0.4 is 0 Å². The number of carbonyl (C=O) groups is 1. The number of fused-ring (bicyclic) bond motifs is 1. The first kappa shape index (κ1) is 24.8. The van der Waals surface area contributed by atoms with Crippen LogP contribution in [0.2, 0.25) is 19.6 Å². The van der Waals surface area contributed by atoms with Gasteiger partial charge in [0.1, 0.15) is 5.78 Å². The van der Waals surface area contributed by atoms with E-state index in [1.165, 1.54) is 19.6 Å². The summed E-state index contributed by atoms with van der Waals surface area (Å²) in [6.07, 6.45) is -4.38. The van der Waals surface area contributed by atoms with Gasteiger partial charge < -0.3 is 4.43 Å². The Hall–Kier alpha value is -0.833. The summed E-state index contributed by atoms with van der Waals surface area (Å²) in [5, 5.41) is 0. The van der Waals surface area contributed by atoms with E-state index in [0.717, 1.165) is 44.6 Å². The average Bonchev–Trinajstić information content (AvgIpc) is 3.25. The molecule has 3 unspecified atom stereocenters. The molecule has 0 N–H and O–H groups in total. The summed E-state index contributed by atoms with van der Waals surface area (Å²) in [6.45, 7) is 6.04. The Bertz CT molecular complexity index is 718. The van der Waals surface area contributed by atoms with Gasteiger partial charge in [0.2, 0.25) is 0 Å². The van der Waals surface area contributed by atoms with Gasteiger partial charge in [-0.3, -0.25) is 4.79 Å². The van der Waals surface area contributed by atoms with Gasteiger partial charge in [-0.05, 0) is 87.4 Å². The number of alkyl halides is 6. The lowest BCUT2D eigenvalue weighted by molar-refractivity contribution is -0.340. The number of Topliss-reactive ketones (excluding diaryl/α,β-unsaturated/α-hetero) is 1. The van der Waals surface area contributed by atoms with Crippen molar-refractivity contribution in [1.82, 2.24) is 0 Å². The first-order valence-corrected chi connectivity index (χ1v) is 14.4. The maximum Gasteiger partial charge on any atom is 0.429 e. The zero-order valence-corrected chi connectivity index (χ0v) is 19.6. The molecule has 3 aliphatic rings. The summed E-state index contributed by atoms with van der Waals surface area (Å²) in [5.74, 6) is 0.398. The molecule has 0 radical (unpaired) electrons. The molecule has 0 bridgehead atoms. The molecule has 0 aliphatic heterocycles. The molecule has 3 atom stereocenters. The summed E-state index contributed by atoms with van der Waals surface area (Å²) in [7, 11) is -3.19. The molecular weight excluding hydrogens is 438 g/mol. The molecule has 0 aromatic carbocycles. The smallest absolute Gasteiger partial charge is 0.394 e. The lowest BCUT2D eigenvalue weighted by Crippen LogP contribution is -2.61. The SMILES string of the molecule is CC12CCCC(=O)C1CCC2C1(CC=CC(O[Si](C)(C)C)(C(F)(F)F)C(F)(F)F)CC1. The number of hydrogen-bond donors (Lipinski definition) is 0. The molecule has 0 heterocycles. The Morgan fingerprint density at radius 3 is 2.10 bits per heavy atom. The zero-order chi connectivity index (χ0) is 23.5.